The van der Waals surface area contributed by atoms with E-state index in [4.69, 9.17) is 18.9 Å². The van der Waals surface area contributed by atoms with Crippen LogP contribution in [0.2, 0.25) is 0 Å². The number of nitrogens with zero attached hydrogens (tertiary/aromatic N) is 2. The van der Waals surface area contributed by atoms with Gasteiger partial charge in [0.1, 0.15) is 29.9 Å². The van der Waals surface area contributed by atoms with Crippen molar-refractivity contribution in [2.24, 2.45) is 4.99 Å². The zero-order chi connectivity index (χ0) is 26.5. The lowest BCUT2D eigenvalue weighted by molar-refractivity contribution is -0.139. The Labute approximate surface area is 218 Å². The molecule has 8 nitrogen and oxygen atoms in total. The maximum Gasteiger partial charge on any atom is 0.338 e. The maximum atomic E-state index is 13.8. The number of thiazole rings is 1. The summed E-state index contributed by atoms with van der Waals surface area (Å²) in [5, 5.41) is 0. The van der Waals surface area contributed by atoms with E-state index in [1.807, 2.05) is 24.3 Å². The van der Waals surface area contributed by atoms with E-state index in [0.29, 0.717) is 44.4 Å². The van der Waals surface area contributed by atoms with Crippen LogP contribution in [0.25, 0.3) is 6.08 Å². The van der Waals surface area contributed by atoms with Gasteiger partial charge in [-0.2, -0.15) is 0 Å². The van der Waals surface area contributed by atoms with Crippen LogP contribution in [-0.2, 0) is 9.53 Å². The number of ether oxygens (including phenoxy) is 4. The molecule has 1 aliphatic rings. The highest BCUT2D eigenvalue weighted by Crippen LogP contribution is 2.37. The number of fused-ring (bicyclic) bond motifs is 1. The molecule has 0 amide bonds. The Hall–Kier alpha value is -4.11. The smallest absolute Gasteiger partial charge is 0.338 e. The van der Waals surface area contributed by atoms with Gasteiger partial charge in [0.25, 0.3) is 5.56 Å². The Morgan fingerprint density at radius 1 is 1.14 bits per heavy atom. The van der Waals surface area contributed by atoms with Gasteiger partial charge < -0.3 is 18.9 Å². The molecule has 1 aromatic heterocycles. The van der Waals surface area contributed by atoms with E-state index >= 15 is 0 Å². The van der Waals surface area contributed by atoms with Crippen LogP contribution >= 0.6 is 11.3 Å². The van der Waals surface area contributed by atoms with E-state index in [-0.39, 0.29) is 17.7 Å². The minimum atomic E-state index is -0.808. The lowest BCUT2D eigenvalue weighted by Gasteiger charge is -2.26. The lowest BCUT2D eigenvalue weighted by atomic mass is 9.94. The number of carbonyl (C=O) groups excluding carboxylic acids is 1. The lowest BCUT2D eigenvalue weighted by Crippen LogP contribution is -2.40. The number of benzene rings is 2. The Balaban J connectivity index is 1.91. The zero-order valence-electron chi connectivity index (χ0n) is 21.1. The standard InChI is InChI=1S/C28H28N2O6S/c1-6-14-36-19-10-8-18(9-11-19)15-23-26(31)30-25(21-16-20(33-4)12-13-22(21)34-5)24(27(32)35-7-2)17(3)29-28(30)37-23/h6,8-13,15-16,25H,1,7,14H2,2-5H3/b23-15+/t25-/m0/s1. The Morgan fingerprint density at radius 2 is 1.86 bits per heavy atom. The molecule has 0 aliphatic carbocycles. The zero-order valence-corrected chi connectivity index (χ0v) is 22.0. The summed E-state index contributed by atoms with van der Waals surface area (Å²) in [5.74, 6) is 1.24. The number of esters is 1. The number of hydrogen-bond acceptors (Lipinski definition) is 8. The number of hydrogen-bond donors (Lipinski definition) is 0. The molecule has 0 saturated heterocycles. The summed E-state index contributed by atoms with van der Waals surface area (Å²) in [4.78, 5) is 32.0. The molecule has 192 valence electrons. The molecule has 1 atom stereocenters. The molecule has 9 heteroatoms. The minimum absolute atomic E-state index is 0.189. The highest BCUT2D eigenvalue weighted by Gasteiger charge is 2.35. The quantitative estimate of drug-likeness (QED) is 0.318. The molecule has 2 aromatic carbocycles. The van der Waals surface area contributed by atoms with E-state index < -0.39 is 12.0 Å². The van der Waals surface area contributed by atoms with Crippen LogP contribution in [0.15, 0.2) is 76.2 Å². The van der Waals surface area contributed by atoms with Gasteiger partial charge in [-0.3, -0.25) is 9.36 Å². The van der Waals surface area contributed by atoms with Crippen molar-refractivity contribution < 1.29 is 23.7 Å². The highest BCUT2D eigenvalue weighted by molar-refractivity contribution is 7.07. The molecule has 0 spiro atoms. The van der Waals surface area contributed by atoms with Gasteiger partial charge in [0, 0.05) is 5.56 Å². The van der Waals surface area contributed by atoms with Crippen molar-refractivity contribution in [3.8, 4) is 17.2 Å². The molecule has 0 unspecified atom stereocenters. The topological polar surface area (TPSA) is 88.3 Å². The third-order valence-corrected chi connectivity index (χ3v) is 6.78. The Kier molecular flexibility index (Phi) is 7.93. The van der Waals surface area contributed by atoms with Crippen LogP contribution in [0.4, 0.5) is 0 Å². The molecule has 37 heavy (non-hydrogen) atoms. The maximum absolute atomic E-state index is 13.8. The summed E-state index contributed by atoms with van der Waals surface area (Å²) < 4.78 is 24.0. The van der Waals surface area contributed by atoms with Crippen molar-refractivity contribution in [3.05, 3.63) is 97.2 Å². The molecular formula is C28H28N2O6S. The summed E-state index contributed by atoms with van der Waals surface area (Å²) in [6.45, 7) is 7.72. The molecule has 0 radical (unpaired) electrons. The van der Waals surface area contributed by atoms with Gasteiger partial charge in [-0.05, 0) is 55.8 Å². The fraction of sp³-hybridized carbons (Fsp3) is 0.250. The average molecular weight is 521 g/mol. The first kappa shape index (κ1) is 26.0. The molecular weight excluding hydrogens is 492 g/mol. The van der Waals surface area contributed by atoms with Gasteiger partial charge in [-0.15, -0.1) is 0 Å². The third kappa shape index (κ3) is 5.22. The number of methoxy groups -OCH3 is 2. The van der Waals surface area contributed by atoms with Gasteiger partial charge in [-0.25, -0.2) is 9.79 Å². The van der Waals surface area contributed by atoms with Crippen molar-refractivity contribution in [3.63, 3.8) is 0 Å². The van der Waals surface area contributed by atoms with E-state index in [0.717, 1.165) is 5.56 Å². The molecule has 0 N–H and O–H groups in total. The Bertz CT molecular complexity index is 1530. The summed E-state index contributed by atoms with van der Waals surface area (Å²) >= 11 is 1.25. The molecule has 0 saturated carbocycles. The number of allylic oxidation sites excluding steroid dienone is 1. The first-order chi connectivity index (χ1) is 17.9. The molecule has 4 rings (SSSR count). The van der Waals surface area contributed by atoms with Crippen molar-refractivity contribution >= 4 is 23.4 Å². The molecule has 2 heterocycles. The summed E-state index contributed by atoms with van der Waals surface area (Å²) in [6.07, 6.45) is 3.47. The fourth-order valence-corrected chi connectivity index (χ4v) is 5.15. The predicted octanol–water partition coefficient (Wildman–Crippen LogP) is 3.38. The molecule has 0 fully saturated rings. The average Bonchev–Trinajstić information content (AvgIpc) is 3.21. The van der Waals surface area contributed by atoms with E-state index in [1.165, 1.54) is 23.0 Å². The highest BCUT2D eigenvalue weighted by atomic mass is 32.1. The first-order valence-electron chi connectivity index (χ1n) is 11.7. The van der Waals surface area contributed by atoms with Crippen LogP contribution in [0.5, 0.6) is 17.2 Å². The van der Waals surface area contributed by atoms with Gasteiger partial charge in [-0.1, -0.05) is 36.1 Å². The minimum Gasteiger partial charge on any atom is -0.497 e. The van der Waals surface area contributed by atoms with Crippen LogP contribution < -0.4 is 29.1 Å². The van der Waals surface area contributed by atoms with Crippen LogP contribution in [0.3, 0.4) is 0 Å². The number of aromatic nitrogens is 1. The SMILES string of the molecule is C=CCOc1ccc(/C=c2/sc3n(c2=O)[C@@H](c2cc(OC)ccc2OC)C(C(=O)OCC)=C(C)N=3)cc1. The van der Waals surface area contributed by atoms with Crippen LogP contribution in [-0.4, -0.2) is 38.0 Å². The largest absolute Gasteiger partial charge is 0.497 e. The van der Waals surface area contributed by atoms with E-state index in [9.17, 15) is 9.59 Å². The van der Waals surface area contributed by atoms with Crippen LogP contribution in [0.1, 0.15) is 31.0 Å². The van der Waals surface area contributed by atoms with Crippen LogP contribution in [0, 0.1) is 0 Å². The summed E-state index contributed by atoms with van der Waals surface area (Å²) in [6, 6.07) is 11.9. The van der Waals surface area contributed by atoms with E-state index in [1.54, 1.807) is 51.3 Å². The Morgan fingerprint density at radius 3 is 2.51 bits per heavy atom. The second kappa shape index (κ2) is 11.3. The van der Waals surface area contributed by atoms with Crippen molar-refractivity contribution in [1.29, 1.82) is 0 Å². The molecule has 3 aromatic rings. The fourth-order valence-electron chi connectivity index (χ4n) is 4.11. The van der Waals surface area contributed by atoms with Crippen molar-refractivity contribution in [2.45, 2.75) is 19.9 Å². The first-order valence-corrected chi connectivity index (χ1v) is 12.5. The predicted molar refractivity (Wildman–Crippen MR) is 142 cm³/mol. The normalized spacial score (nSPS) is 15.0. The van der Waals surface area contributed by atoms with Crippen molar-refractivity contribution in [1.82, 2.24) is 4.57 Å². The summed E-state index contributed by atoms with van der Waals surface area (Å²) in [7, 11) is 3.09. The summed E-state index contributed by atoms with van der Waals surface area (Å²) in [5.41, 5.74) is 1.89. The van der Waals surface area contributed by atoms with E-state index in [2.05, 4.69) is 11.6 Å². The van der Waals surface area contributed by atoms with Gasteiger partial charge in [0.05, 0.1) is 36.6 Å². The second-order valence-electron chi connectivity index (χ2n) is 8.08. The third-order valence-electron chi connectivity index (χ3n) is 5.79. The molecule has 0 bridgehead atoms. The number of rotatable bonds is 9. The van der Waals surface area contributed by atoms with Crippen molar-refractivity contribution in [2.75, 3.05) is 27.4 Å². The monoisotopic (exact) mass is 520 g/mol. The number of carbonyl (C=O) groups is 1. The van der Waals surface area contributed by atoms with Gasteiger partial charge >= 0.3 is 5.97 Å². The second-order valence-corrected chi connectivity index (χ2v) is 9.09. The van der Waals surface area contributed by atoms with Gasteiger partial charge in [0.15, 0.2) is 4.80 Å². The van der Waals surface area contributed by atoms with Gasteiger partial charge in [0.2, 0.25) is 0 Å². The molecule has 1 aliphatic heterocycles.